The number of methoxy groups -OCH3 is 1. The second-order valence-electron chi connectivity index (χ2n) is 3.30. The van der Waals surface area contributed by atoms with Crippen molar-refractivity contribution in [3.8, 4) is 0 Å². The molecule has 0 spiro atoms. The molecule has 1 atom stereocenters. The van der Waals surface area contributed by atoms with Gasteiger partial charge in [-0.05, 0) is 6.42 Å². The average Bonchev–Trinajstić information content (AvgIpc) is 2.16. The van der Waals surface area contributed by atoms with Crippen molar-refractivity contribution >= 4 is 21.8 Å². The molecule has 0 saturated carbocycles. The Kier molecular flexibility index (Phi) is 8.53. The van der Waals surface area contributed by atoms with Crippen molar-refractivity contribution < 1.29 is 27.4 Å². The molecule has 0 rings (SSSR count). The lowest BCUT2D eigenvalue weighted by molar-refractivity contribution is -0.175. The summed E-state index contributed by atoms with van der Waals surface area (Å²) in [6.45, 7) is -1.14. The quantitative estimate of drug-likeness (QED) is 0.689. The van der Waals surface area contributed by atoms with E-state index in [9.17, 15) is 18.0 Å². The van der Waals surface area contributed by atoms with Crippen molar-refractivity contribution in [3.05, 3.63) is 0 Å². The van der Waals surface area contributed by atoms with Crippen LogP contribution >= 0.6 is 15.9 Å². The molecule has 0 aromatic carbocycles. The molecule has 4 nitrogen and oxygen atoms in total. The van der Waals surface area contributed by atoms with Crippen LogP contribution in [0.2, 0.25) is 0 Å². The van der Waals surface area contributed by atoms with E-state index in [2.05, 4.69) is 26.0 Å². The maximum Gasteiger partial charge on any atom is 0.411 e. The molecule has 102 valence electrons. The van der Waals surface area contributed by atoms with Gasteiger partial charge in [0.05, 0.1) is 6.61 Å². The molecule has 0 aliphatic heterocycles. The van der Waals surface area contributed by atoms with Gasteiger partial charge in [-0.3, -0.25) is 4.79 Å². The Morgan fingerprint density at radius 1 is 1.47 bits per heavy atom. The van der Waals surface area contributed by atoms with E-state index in [0.29, 0.717) is 19.6 Å². The molecule has 0 saturated heterocycles. The largest absolute Gasteiger partial charge is 0.411 e. The second-order valence-corrected chi connectivity index (χ2v) is 4.59. The molecule has 0 aromatic heterocycles. The van der Waals surface area contributed by atoms with Crippen LogP contribution in [-0.2, 0) is 14.3 Å². The van der Waals surface area contributed by atoms with Gasteiger partial charge in [0.1, 0.15) is 13.2 Å². The molecule has 1 N–H and O–H groups in total. The standard InChI is InChI=1S/C9H15BrF3NO3/c1-16-4-7(10)2-3-14-8(15)5-17-6-9(11,12)13/h7H,2-6H2,1H3,(H,14,15). The highest BCUT2D eigenvalue weighted by atomic mass is 79.9. The Morgan fingerprint density at radius 2 is 2.12 bits per heavy atom. The van der Waals surface area contributed by atoms with E-state index in [1.807, 2.05) is 0 Å². The molecule has 0 aromatic rings. The molecule has 8 heteroatoms. The van der Waals surface area contributed by atoms with Crippen molar-refractivity contribution in [2.75, 3.05) is 33.5 Å². The van der Waals surface area contributed by atoms with Crippen molar-refractivity contribution in [2.45, 2.75) is 17.4 Å². The highest BCUT2D eigenvalue weighted by molar-refractivity contribution is 9.09. The first kappa shape index (κ1) is 16.7. The molecule has 0 aliphatic carbocycles. The zero-order valence-electron chi connectivity index (χ0n) is 9.35. The number of ether oxygens (including phenoxy) is 2. The van der Waals surface area contributed by atoms with Gasteiger partial charge in [0, 0.05) is 18.5 Å². The molecular formula is C9H15BrF3NO3. The summed E-state index contributed by atoms with van der Waals surface area (Å²) in [7, 11) is 1.55. The monoisotopic (exact) mass is 321 g/mol. The fourth-order valence-corrected chi connectivity index (χ4v) is 1.44. The van der Waals surface area contributed by atoms with Crippen LogP contribution in [0.1, 0.15) is 6.42 Å². The normalized spacial score (nSPS) is 13.5. The second kappa shape index (κ2) is 8.71. The van der Waals surface area contributed by atoms with Crippen LogP contribution < -0.4 is 5.32 Å². The molecule has 0 heterocycles. The van der Waals surface area contributed by atoms with Crippen LogP contribution in [0.15, 0.2) is 0 Å². The van der Waals surface area contributed by atoms with Crippen LogP contribution in [0.5, 0.6) is 0 Å². The SMILES string of the molecule is COCC(Br)CCNC(=O)COCC(F)(F)F. The predicted octanol–water partition coefficient (Wildman–Crippen LogP) is 1.48. The maximum absolute atomic E-state index is 11.7. The van der Waals surface area contributed by atoms with Crippen LogP contribution in [-0.4, -0.2) is 50.4 Å². The van der Waals surface area contributed by atoms with Gasteiger partial charge in [0.15, 0.2) is 0 Å². The Morgan fingerprint density at radius 3 is 2.65 bits per heavy atom. The number of hydrogen-bond donors (Lipinski definition) is 1. The van der Waals surface area contributed by atoms with Crippen molar-refractivity contribution in [3.63, 3.8) is 0 Å². The van der Waals surface area contributed by atoms with Gasteiger partial charge in [0.25, 0.3) is 0 Å². The van der Waals surface area contributed by atoms with Gasteiger partial charge in [-0.2, -0.15) is 13.2 Å². The minimum atomic E-state index is -4.40. The predicted molar refractivity (Wildman–Crippen MR) is 59.1 cm³/mol. The van der Waals surface area contributed by atoms with Crippen molar-refractivity contribution in [2.24, 2.45) is 0 Å². The van der Waals surface area contributed by atoms with Gasteiger partial charge in [-0.15, -0.1) is 0 Å². The van der Waals surface area contributed by atoms with E-state index >= 15 is 0 Å². The Balaban J connectivity index is 3.47. The lowest BCUT2D eigenvalue weighted by Gasteiger charge is -2.10. The third kappa shape index (κ3) is 11.9. The number of carbonyl (C=O) groups is 1. The number of hydrogen-bond acceptors (Lipinski definition) is 3. The third-order valence-electron chi connectivity index (χ3n) is 1.63. The Hall–Kier alpha value is -0.340. The van der Waals surface area contributed by atoms with Gasteiger partial charge >= 0.3 is 6.18 Å². The summed E-state index contributed by atoms with van der Waals surface area (Å²) in [5.41, 5.74) is 0. The number of amides is 1. The van der Waals surface area contributed by atoms with Crippen molar-refractivity contribution in [1.82, 2.24) is 5.32 Å². The molecule has 0 aliphatic rings. The topological polar surface area (TPSA) is 47.6 Å². The highest BCUT2D eigenvalue weighted by Gasteiger charge is 2.27. The number of nitrogens with one attached hydrogen (secondary N) is 1. The van der Waals surface area contributed by atoms with Crippen LogP contribution in [0.3, 0.4) is 0 Å². The van der Waals surface area contributed by atoms with E-state index < -0.39 is 25.3 Å². The summed E-state index contributed by atoms with van der Waals surface area (Å²) in [5, 5.41) is 2.44. The maximum atomic E-state index is 11.7. The molecular weight excluding hydrogens is 307 g/mol. The van der Waals surface area contributed by atoms with Crippen LogP contribution in [0, 0.1) is 0 Å². The van der Waals surface area contributed by atoms with Gasteiger partial charge in [-0.25, -0.2) is 0 Å². The molecule has 0 fully saturated rings. The first-order valence-electron chi connectivity index (χ1n) is 4.89. The van der Waals surface area contributed by atoms with Gasteiger partial charge < -0.3 is 14.8 Å². The lowest BCUT2D eigenvalue weighted by atomic mass is 10.3. The summed E-state index contributed by atoms with van der Waals surface area (Å²) in [5.74, 6) is -0.564. The molecule has 1 amide bonds. The number of rotatable bonds is 8. The Bertz CT molecular complexity index is 226. The summed E-state index contributed by atoms with van der Waals surface area (Å²) in [6.07, 6.45) is -3.78. The molecule has 0 bridgehead atoms. The summed E-state index contributed by atoms with van der Waals surface area (Å²) < 4.78 is 44.1. The fourth-order valence-electron chi connectivity index (χ4n) is 0.943. The first-order valence-corrected chi connectivity index (χ1v) is 5.81. The summed E-state index contributed by atoms with van der Waals surface area (Å²) in [4.78, 5) is 11.1. The lowest BCUT2D eigenvalue weighted by Crippen LogP contribution is -2.31. The number of halogens is 4. The van der Waals surface area contributed by atoms with E-state index in [1.165, 1.54) is 0 Å². The minimum absolute atomic E-state index is 0.101. The van der Waals surface area contributed by atoms with E-state index in [1.54, 1.807) is 7.11 Å². The number of carbonyl (C=O) groups excluding carboxylic acids is 1. The van der Waals surface area contributed by atoms with E-state index in [-0.39, 0.29) is 4.83 Å². The Labute approximate surface area is 106 Å². The molecule has 1 unspecified atom stereocenters. The van der Waals surface area contributed by atoms with Crippen LogP contribution in [0.25, 0.3) is 0 Å². The third-order valence-corrected chi connectivity index (χ3v) is 2.35. The van der Waals surface area contributed by atoms with E-state index in [4.69, 9.17) is 4.74 Å². The molecule has 0 radical (unpaired) electrons. The van der Waals surface area contributed by atoms with Gasteiger partial charge in [0.2, 0.25) is 5.91 Å². The van der Waals surface area contributed by atoms with Gasteiger partial charge in [-0.1, -0.05) is 15.9 Å². The number of alkyl halides is 4. The summed E-state index contributed by atoms with van der Waals surface area (Å²) in [6, 6.07) is 0. The summed E-state index contributed by atoms with van der Waals surface area (Å²) >= 11 is 3.31. The molecule has 17 heavy (non-hydrogen) atoms. The zero-order valence-corrected chi connectivity index (χ0v) is 10.9. The van der Waals surface area contributed by atoms with Crippen LogP contribution in [0.4, 0.5) is 13.2 Å². The first-order chi connectivity index (χ1) is 7.85. The average molecular weight is 322 g/mol. The highest BCUT2D eigenvalue weighted by Crippen LogP contribution is 2.14. The smallest absolute Gasteiger partial charge is 0.384 e. The zero-order chi connectivity index (χ0) is 13.3. The van der Waals surface area contributed by atoms with Crippen molar-refractivity contribution in [1.29, 1.82) is 0 Å². The van der Waals surface area contributed by atoms with E-state index in [0.717, 1.165) is 0 Å². The fraction of sp³-hybridized carbons (Fsp3) is 0.889. The minimum Gasteiger partial charge on any atom is -0.384 e.